The predicted octanol–water partition coefficient (Wildman–Crippen LogP) is 3.86. The number of carbonyl (C=O) groups is 1. The van der Waals surface area contributed by atoms with Crippen molar-refractivity contribution in [2.75, 3.05) is 45.4 Å². The molecule has 2 aromatic rings. The normalized spacial score (nSPS) is 20.3. The third-order valence-corrected chi connectivity index (χ3v) is 5.64. The Hall–Kier alpha value is -2.77. The molecule has 1 N–H and O–H groups in total. The van der Waals surface area contributed by atoms with Gasteiger partial charge in [-0.3, -0.25) is 4.79 Å². The second kappa shape index (κ2) is 10.0. The van der Waals surface area contributed by atoms with Crippen LogP contribution < -0.4 is 14.8 Å². The van der Waals surface area contributed by atoms with Gasteiger partial charge in [0.2, 0.25) is 0 Å². The van der Waals surface area contributed by atoms with Crippen molar-refractivity contribution in [2.45, 2.75) is 32.0 Å². The molecule has 0 bridgehead atoms. The molecule has 2 atom stereocenters. The Morgan fingerprint density at radius 1 is 1.16 bits per heavy atom. The number of carbonyl (C=O) groups excluding carboxylic acids is 1. The molecule has 7 heteroatoms. The van der Waals surface area contributed by atoms with E-state index in [0.717, 1.165) is 30.7 Å². The molecule has 0 radical (unpaired) electrons. The van der Waals surface area contributed by atoms with Crippen LogP contribution in [0, 0.1) is 0 Å². The van der Waals surface area contributed by atoms with Crippen molar-refractivity contribution in [1.82, 2.24) is 4.90 Å². The van der Waals surface area contributed by atoms with Crippen molar-refractivity contribution in [3.63, 3.8) is 0 Å². The molecule has 2 aromatic carbocycles. The highest BCUT2D eigenvalue weighted by Gasteiger charge is 2.35. The van der Waals surface area contributed by atoms with E-state index >= 15 is 0 Å². The van der Waals surface area contributed by atoms with Gasteiger partial charge in [-0.05, 0) is 49.6 Å². The van der Waals surface area contributed by atoms with Crippen LogP contribution in [0.4, 0.5) is 5.69 Å². The number of nitrogens with one attached hydrogen (secondary N) is 1. The number of fused-ring (bicyclic) bond motifs is 1. The molecule has 0 saturated carbocycles. The zero-order valence-corrected chi connectivity index (χ0v) is 18.1. The summed E-state index contributed by atoms with van der Waals surface area (Å²) in [7, 11) is 1.62. The van der Waals surface area contributed by atoms with Crippen LogP contribution >= 0.6 is 0 Å². The van der Waals surface area contributed by atoms with Gasteiger partial charge in [0.25, 0.3) is 5.91 Å². The summed E-state index contributed by atoms with van der Waals surface area (Å²) < 4.78 is 22.6. The van der Waals surface area contributed by atoms with Gasteiger partial charge in [-0.2, -0.15) is 0 Å². The third kappa shape index (κ3) is 4.78. The van der Waals surface area contributed by atoms with Gasteiger partial charge in [-0.15, -0.1) is 0 Å². The van der Waals surface area contributed by atoms with E-state index in [1.165, 1.54) is 0 Å². The second-order valence-corrected chi connectivity index (χ2v) is 7.64. The van der Waals surface area contributed by atoms with Gasteiger partial charge in [0, 0.05) is 25.4 Å². The molecule has 1 fully saturated rings. The zero-order chi connectivity index (χ0) is 21.6. The molecule has 0 spiro atoms. The van der Waals surface area contributed by atoms with Crippen LogP contribution in [0.15, 0.2) is 42.5 Å². The van der Waals surface area contributed by atoms with Crippen LogP contribution in [0.5, 0.6) is 11.5 Å². The molecule has 2 heterocycles. The Kier molecular flexibility index (Phi) is 6.94. The fraction of sp³-hybridized carbons (Fsp3) is 0.458. The Balaban J connectivity index is 1.60. The largest absolute Gasteiger partial charge is 0.493 e. The highest BCUT2D eigenvalue weighted by atomic mass is 16.5. The van der Waals surface area contributed by atoms with Crippen LogP contribution in [0.25, 0.3) is 0 Å². The van der Waals surface area contributed by atoms with Gasteiger partial charge in [0.05, 0.1) is 25.4 Å². The minimum atomic E-state index is -0.321. The Bertz CT molecular complexity index is 897. The lowest BCUT2D eigenvalue weighted by molar-refractivity contribution is 0.0426. The summed E-state index contributed by atoms with van der Waals surface area (Å²) in [6, 6.07) is 13.4. The first-order valence-corrected chi connectivity index (χ1v) is 10.9. The molecule has 31 heavy (non-hydrogen) atoms. The maximum Gasteiger partial charge on any atom is 0.257 e. The lowest BCUT2D eigenvalue weighted by Crippen LogP contribution is -2.46. The molecular weight excluding hydrogens is 396 g/mol. The molecule has 4 rings (SSSR count). The van der Waals surface area contributed by atoms with Gasteiger partial charge in [0.15, 0.2) is 11.5 Å². The predicted molar refractivity (Wildman–Crippen MR) is 118 cm³/mol. The van der Waals surface area contributed by atoms with E-state index in [0.29, 0.717) is 43.4 Å². The number of methoxy groups -OCH3 is 1. The number of hydrogen-bond acceptors (Lipinski definition) is 6. The number of amides is 1. The molecule has 0 aliphatic carbocycles. The number of hydrogen-bond donors (Lipinski definition) is 1. The molecule has 2 unspecified atom stereocenters. The van der Waals surface area contributed by atoms with Crippen molar-refractivity contribution < 1.29 is 23.7 Å². The second-order valence-electron chi connectivity index (χ2n) is 7.64. The Morgan fingerprint density at radius 2 is 2.03 bits per heavy atom. The van der Waals surface area contributed by atoms with Crippen LogP contribution in [0.3, 0.4) is 0 Å². The summed E-state index contributed by atoms with van der Waals surface area (Å²) in [5.41, 5.74) is 2.44. The number of anilines is 1. The number of ether oxygens (including phenoxy) is 4. The highest BCUT2D eigenvalue weighted by molar-refractivity contribution is 6.01. The molecule has 2 aliphatic rings. The summed E-state index contributed by atoms with van der Waals surface area (Å²) in [5.74, 6) is 1.28. The Morgan fingerprint density at radius 3 is 2.81 bits per heavy atom. The SMILES string of the molecule is CCOCCOc1ccc(C2Nc3ccccc3C(=O)N2CC2CCCO2)cc1OC. The summed E-state index contributed by atoms with van der Waals surface area (Å²) in [5, 5.41) is 3.53. The Labute approximate surface area is 183 Å². The van der Waals surface area contributed by atoms with E-state index in [9.17, 15) is 4.79 Å². The van der Waals surface area contributed by atoms with Crippen molar-refractivity contribution in [3.8, 4) is 11.5 Å². The van der Waals surface area contributed by atoms with Crippen LogP contribution in [0.1, 0.15) is 41.9 Å². The zero-order valence-electron chi connectivity index (χ0n) is 18.1. The van der Waals surface area contributed by atoms with Crippen molar-refractivity contribution >= 4 is 11.6 Å². The summed E-state index contributed by atoms with van der Waals surface area (Å²) >= 11 is 0. The first-order chi connectivity index (χ1) is 15.2. The molecule has 1 saturated heterocycles. The minimum absolute atomic E-state index is 0.00542. The molecule has 2 aliphatic heterocycles. The van der Waals surface area contributed by atoms with E-state index in [1.54, 1.807) is 7.11 Å². The number of rotatable bonds is 9. The molecular formula is C24H30N2O5. The summed E-state index contributed by atoms with van der Waals surface area (Å²) in [4.78, 5) is 15.2. The maximum atomic E-state index is 13.4. The monoisotopic (exact) mass is 426 g/mol. The number of benzene rings is 2. The number of nitrogens with zero attached hydrogens (tertiary/aromatic N) is 1. The highest BCUT2D eigenvalue weighted by Crippen LogP contribution is 2.37. The van der Waals surface area contributed by atoms with Crippen LogP contribution in [-0.4, -0.2) is 57.0 Å². The maximum absolute atomic E-state index is 13.4. The lowest BCUT2D eigenvalue weighted by atomic mass is 10.0. The van der Waals surface area contributed by atoms with E-state index in [2.05, 4.69) is 5.32 Å². The standard InChI is InChI=1S/C24H30N2O5/c1-3-29-13-14-31-21-11-10-17(15-22(21)28-2)23-25-20-9-5-4-8-19(20)24(27)26(23)16-18-7-6-12-30-18/h4-5,8-11,15,18,23,25H,3,6-7,12-14,16H2,1-2H3. The van der Waals surface area contributed by atoms with Crippen LogP contribution in [0.2, 0.25) is 0 Å². The molecule has 0 aromatic heterocycles. The quantitative estimate of drug-likeness (QED) is 0.614. The fourth-order valence-electron chi connectivity index (χ4n) is 4.08. The lowest BCUT2D eigenvalue weighted by Gasteiger charge is -2.39. The van der Waals surface area contributed by atoms with Crippen molar-refractivity contribution in [3.05, 3.63) is 53.6 Å². The summed E-state index contributed by atoms with van der Waals surface area (Å²) in [6.45, 7) is 4.87. The van der Waals surface area contributed by atoms with E-state index in [-0.39, 0.29) is 18.2 Å². The van der Waals surface area contributed by atoms with Crippen molar-refractivity contribution in [2.24, 2.45) is 0 Å². The van der Waals surface area contributed by atoms with E-state index in [4.69, 9.17) is 18.9 Å². The molecule has 166 valence electrons. The smallest absolute Gasteiger partial charge is 0.257 e. The van der Waals surface area contributed by atoms with Gasteiger partial charge in [0.1, 0.15) is 12.8 Å². The topological polar surface area (TPSA) is 69.3 Å². The van der Waals surface area contributed by atoms with Gasteiger partial charge in [-0.25, -0.2) is 0 Å². The number of para-hydroxylation sites is 1. The first kappa shape index (κ1) is 21.5. The molecule has 7 nitrogen and oxygen atoms in total. The van der Waals surface area contributed by atoms with E-state index in [1.807, 2.05) is 54.3 Å². The first-order valence-electron chi connectivity index (χ1n) is 10.9. The summed E-state index contributed by atoms with van der Waals surface area (Å²) in [6.07, 6.45) is 1.73. The van der Waals surface area contributed by atoms with Crippen molar-refractivity contribution in [1.29, 1.82) is 0 Å². The van der Waals surface area contributed by atoms with Gasteiger partial charge < -0.3 is 29.2 Å². The average molecular weight is 427 g/mol. The van der Waals surface area contributed by atoms with Gasteiger partial charge >= 0.3 is 0 Å². The third-order valence-electron chi connectivity index (χ3n) is 5.64. The van der Waals surface area contributed by atoms with Crippen LogP contribution in [-0.2, 0) is 9.47 Å². The fourth-order valence-corrected chi connectivity index (χ4v) is 4.08. The minimum Gasteiger partial charge on any atom is -0.493 e. The van der Waals surface area contributed by atoms with E-state index < -0.39 is 0 Å². The average Bonchev–Trinajstić information content (AvgIpc) is 3.32. The van der Waals surface area contributed by atoms with Gasteiger partial charge in [-0.1, -0.05) is 18.2 Å². The molecule has 1 amide bonds.